The first-order valence-corrected chi connectivity index (χ1v) is 9.69. The summed E-state index contributed by atoms with van der Waals surface area (Å²) in [6.07, 6.45) is 0.830. The van der Waals surface area contributed by atoms with Gasteiger partial charge in [0.05, 0.1) is 26.0 Å². The van der Waals surface area contributed by atoms with E-state index in [2.05, 4.69) is 24.8 Å². The maximum absolute atomic E-state index is 5.98. The van der Waals surface area contributed by atoms with Crippen molar-refractivity contribution in [2.45, 2.75) is 26.4 Å². The number of para-hydroxylation sites is 2. The lowest BCUT2D eigenvalue weighted by molar-refractivity contribution is -0.0354. The van der Waals surface area contributed by atoms with E-state index in [0.29, 0.717) is 12.5 Å². The van der Waals surface area contributed by atoms with Gasteiger partial charge in [0, 0.05) is 38.8 Å². The second-order valence-electron chi connectivity index (χ2n) is 7.45. The molecule has 1 aliphatic heterocycles. The summed E-state index contributed by atoms with van der Waals surface area (Å²) in [6.45, 7) is 8.86. The lowest BCUT2D eigenvalue weighted by atomic mass is 10.1. The zero-order valence-electron chi connectivity index (χ0n) is 16.9. The molecule has 0 spiro atoms. The van der Waals surface area contributed by atoms with Gasteiger partial charge < -0.3 is 14.2 Å². The highest BCUT2D eigenvalue weighted by atomic mass is 16.5. The van der Waals surface area contributed by atoms with Gasteiger partial charge >= 0.3 is 0 Å². The Morgan fingerprint density at radius 2 is 2.04 bits per heavy atom. The molecule has 1 atom stereocenters. The van der Waals surface area contributed by atoms with Crippen molar-refractivity contribution >= 4 is 0 Å². The van der Waals surface area contributed by atoms with Crippen LogP contribution in [0.3, 0.4) is 0 Å². The van der Waals surface area contributed by atoms with Crippen molar-refractivity contribution in [3.63, 3.8) is 0 Å². The van der Waals surface area contributed by atoms with Gasteiger partial charge in [-0.3, -0.25) is 9.58 Å². The summed E-state index contributed by atoms with van der Waals surface area (Å²) >= 11 is 0. The lowest BCUT2D eigenvalue weighted by Gasteiger charge is -2.33. The molecule has 0 unspecified atom stereocenters. The molecule has 1 fully saturated rings. The molecule has 0 radical (unpaired) electrons. The van der Waals surface area contributed by atoms with Gasteiger partial charge in [0.25, 0.3) is 0 Å². The van der Waals surface area contributed by atoms with E-state index in [1.165, 1.54) is 0 Å². The number of hydrogen-bond donors (Lipinski definition) is 0. The van der Waals surface area contributed by atoms with Gasteiger partial charge in [-0.15, -0.1) is 0 Å². The van der Waals surface area contributed by atoms with Gasteiger partial charge in [-0.2, -0.15) is 5.10 Å². The molecule has 6 nitrogen and oxygen atoms in total. The van der Waals surface area contributed by atoms with Gasteiger partial charge in [-0.05, 0) is 24.1 Å². The van der Waals surface area contributed by atoms with Gasteiger partial charge in [-0.25, -0.2) is 0 Å². The minimum atomic E-state index is 0.0487. The fraction of sp³-hybridized carbons (Fsp3) is 0.571. The van der Waals surface area contributed by atoms with Crippen LogP contribution in [0.5, 0.6) is 11.5 Å². The molecule has 1 saturated heterocycles. The summed E-state index contributed by atoms with van der Waals surface area (Å²) in [5.41, 5.74) is 2.16. The first kappa shape index (κ1) is 19.7. The van der Waals surface area contributed by atoms with E-state index in [-0.39, 0.29) is 6.10 Å². The molecular weight excluding hydrogens is 342 g/mol. The van der Waals surface area contributed by atoms with Crippen molar-refractivity contribution in [3.05, 3.63) is 41.7 Å². The highest BCUT2D eigenvalue weighted by molar-refractivity contribution is 5.39. The van der Waals surface area contributed by atoms with Crippen molar-refractivity contribution in [1.82, 2.24) is 14.7 Å². The highest BCUT2D eigenvalue weighted by Gasteiger charge is 2.25. The molecule has 1 aliphatic rings. The molecule has 1 aromatic heterocycles. The molecule has 1 aromatic carbocycles. The van der Waals surface area contributed by atoms with Gasteiger partial charge in [0.15, 0.2) is 11.5 Å². The molecule has 6 heteroatoms. The van der Waals surface area contributed by atoms with Crippen LogP contribution in [0.2, 0.25) is 0 Å². The van der Waals surface area contributed by atoms with E-state index in [9.17, 15) is 0 Å². The number of hydrogen-bond acceptors (Lipinski definition) is 5. The maximum atomic E-state index is 5.98. The summed E-state index contributed by atoms with van der Waals surface area (Å²) in [7, 11) is 3.64. The van der Waals surface area contributed by atoms with Crippen LogP contribution in [0.15, 0.2) is 30.3 Å². The van der Waals surface area contributed by atoms with Crippen LogP contribution in [0.1, 0.15) is 31.3 Å². The van der Waals surface area contributed by atoms with E-state index in [0.717, 1.165) is 55.5 Å². The second-order valence-corrected chi connectivity index (χ2v) is 7.45. The number of nitrogens with zero attached hydrogens (tertiary/aromatic N) is 3. The summed E-state index contributed by atoms with van der Waals surface area (Å²) in [5.74, 6) is 2.18. The Balaban J connectivity index is 1.58. The predicted molar refractivity (Wildman–Crippen MR) is 105 cm³/mol. The Bertz CT molecular complexity index is 729. The van der Waals surface area contributed by atoms with Gasteiger partial charge in [0.2, 0.25) is 0 Å². The minimum Gasteiger partial charge on any atom is -0.493 e. The number of ether oxygens (including phenoxy) is 3. The molecule has 0 aliphatic carbocycles. The lowest BCUT2D eigenvalue weighted by Crippen LogP contribution is -2.40. The van der Waals surface area contributed by atoms with Gasteiger partial charge in [0.1, 0.15) is 6.10 Å². The number of rotatable bonds is 8. The first-order valence-electron chi connectivity index (χ1n) is 9.69. The average Bonchev–Trinajstić information content (AvgIpc) is 3.03. The van der Waals surface area contributed by atoms with Crippen LogP contribution < -0.4 is 9.47 Å². The standard InChI is InChI=1S/C21H31N3O3/c1-16(2)14-24-10-12-27-21(15-24)18-13-17(23(3)22-18)9-11-26-20-8-6-5-7-19(20)25-4/h5-8,13,16,21H,9-12,14-15H2,1-4H3/t21-/m1/s1. The molecule has 27 heavy (non-hydrogen) atoms. The van der Waals surface area contributed by atoms with E-state index < -0.39 is 0 Å². The summed E-state index contributed by atoms with van der Waals surface area (Å²) in [5, 5.41) is 4.69. The summed E-state index contributed by atoms with van der Waals surface area (Å²) < 4.78 is 19.1. The fourth-order valence-corrected chi connectivity index (χ4v) is 3.49. The topological polar surface area (TPSA) is 48.8 Å². The van der Waals surface area contributed by atoms with E-state index >= 15 is 0 Å². The second kappa shape index (κ2) is 9.24. The number of methoxy groups -OCH3 is 1. The van der Waals surface area contributed by atoms with Crippen LogP contribution in [-0.2, 0) is 18.2 Å². The van der Waals surface area contributed by atoms with Crippen LogP contribution in [0.25, 0.3) is 0 Å². The largest absolute Gasteiger partial charge is 0.493 e. The maximum Gasteiger partial charge on any atom is 0.161 e. The molecule has 2 aromatic rings. The number of morpholine rings is 1. The number of aromatic nitrogens is 2. The summed E-state index contributed by atoms with van der Waals surface area (Å²) in [6, 6.07) is 9.86. The van der Waals surface area contributed by atoms with Crippen molar-refractivity contribution < 1.29 is 14.2 Å². The van der Waals surface area contributed by atoms with E-state index in [1.54, 1.807) is 7.11 Å². The molecule has 0 amide bonds. The Morgan fingerprint density at radius 1 is 1.26 bits per heavy atom. The molecule has 0 bridgehead atoms. The van der Waals surface area contributed by atoms with Crippen LogP contribution in [0.4, 0.5) is 0 Å². The Labute approximate surface area is 162 Å². The quantitative estimate of drug-likeness (QED) is 0.712. The zero-order chi connectivity index (χ0) is 19.2. The molecule has 148 valence electrons. The third kappa shape index (κ3) is 5.23. The van der Waals surface area contributed by atoms with Crippen molar-refractivity contribution in [1.29, 1.82) is 0 Å². The minimum absolute atomic E-state index is 0.0487. The Morgan fingerprint density at radius 3 is 2.78 bits per heavy atom. The van der Waals surface area contributed by atoms with Crippen molar-refractivity contribution in [2.75, 3.05) is 40.0 Å². The van der Waals surface area contributed by atoms with E-state index in [1.807, 2.05) is 36.0 Å². The predicted octanol–water partition coefficient (Wildman–Crippen LogP) is 3.08. The van der Waals surface area contributed by atoms with Crippen molar-refractivity contribution in [3.8, 4) is 11.5 Å². The van der Waals surface area contributed by atoms with Gasteiger partial charge in [-0.1, -0.05) is 26.0 Å². The molecule has 2 heterocycles. The smallest absolute Gasteiger partial charge is 0.161 e. The van der Waals surface area contributed by atoms with Crippen LogP contribution in [0, 0.1) is 5.92 Å². The third-order valence-electron chi connectivity index (χ3n) is 4.78. The average molecular weight is 373 g/mol. The van der Waals surface area contributed by atoms with Crippen LogP contribution >= 0.6 is 0 Å². The molecular formula is C21H31N3O3. The normalized spacial score (nSPS) is 18.0. The zero-order valence-corrected chi connectivity index (χ0v) is 16.9. The Kier molecular flexibility index (Phi) is 6.74. The third-order valence-corrected chi connectivity index (χ3v) is 4.78. The summed E-state index contributed by atoms with van der Waals surface area (Å²) in [4.78, 5) is 2.47. The molecule has 0 saturated carbocycles. The van der Waals surface area contributed by atoms with Crippen molar-refractivity contribution in [2.24, 2.45) is 13.0 Å². The number of benzene rings is 1. The Hall–Kier alpha value is -2.05. The van der Waals surface area contributed by atoms with Crippen LogP contribution in [-0.4, -0.2) is 54.6 Å². The SMILES string of the molecule is COc1ccccc1OCCc1cc([C@H]2CN(CC(C)C)CCO2)nn1C. The monoisotopic (exact) mass is 373 g/mol. The highest BCUT2D eigenvalue weighted by Crippen LogP contribution is 2.26. The molecule has 0 N–H and O–H groups in total. The van der Waals surface area contributed by atoms with E-state index in [4.69, 9.17) is 19.3 Å². The first-order chi connectivity index (χ1) is 13.1. The molecule has 3 rings (SSSR count). The fourth-order valence-electron chi connectivity index (χ4n) is 3.49. The number of aryl methyl sites for hydroxylation is 1.